The van der Waals surface area contributed by atoms with E-state index in [1.165, 1.54) is 18.2 Å². The smallest absolute Gasteiger partial charge is 0.233 e. The third kappa shape index (κ3) is 3.06. The number of carbonyl (C=O) groups excluding carboxylic acids is 1. The first-order valence-electron chi connectivity index (χ1n) is 8.11. The highest BCUT2D eigenvalue weighted by Crippen LogP contribution is 2.29. The van der Waals surface area contributed by atoms with Crippen LogP contribution < -0.4 is 0 Å². The minimum absolute atomic E-state index is 0.202. The lowest BCUT2D eigenvalue weighted by Gasteiger charge is -2.26. The Hall–Kier alpha value is -1.86. The summed E-state index contributed by atoms with van der Waals surface area (Å²) in [6, 6.07) is 10.2. The Bertz CT molecular complexity index is 837. The van der Waals surface area contributed by atoms with Gasteiger partial charge in [0.05, 0.1) is 11.4 Å². The van der Waals surface area contributed by atoms with Crippen molar-refractivity contribution in [1.29, 1.82) is 0 Å². The van der Waals surface area contributed by atoms with Crippen LogP contribution in [0.1, 0.15) is 19.3 Å². The lowest BCUT2D eigenvalue weighted by atomic mass is 10.1. The molecule has 1 aliphatic heterocycles. The van der Waals surface area contributed by atoms with Crippen LogP contribution in [0.5, 0.6) is 0 Å². The topological polar surface area (TPSA) is 50.5 Å². The summed E-state index contributed by atoms with van der Waals surface area (Å²) in [4.78, 5) is 15.2. The first-order valence-corrected chi connectivity index (χ1v) is 9.98. The molecule has 4 rings (SSSR count). The van der Waals surface area contributed by atoms with Crippen molar-refractivity contribution in [2.75, 3.05) is 18.8 Å². The maximum absolute atomic E-state index is 12.4. The monoisotopic (exact) mass is 358 g/mol. The van der Waals surface area contributed by atoms with Gasteiger partial charge in [-0.25, -0.2) is 0 Å². The van der Waals surface area contributed by atoms with Crippen molar-refractivity contribution in [1.82, 2.24) is 19.5 Å². The van der Waals surface area contributed by atoms with E-state index in [4.69, 9.17) is 0 Å². The Kier molecular flexibility index (Phi) is 4.53. The van der Waals surface area contributed by atoms with Crippen molar-refractivity contribution in [3.05, 3.63) is 35.7 Å². The van der Waals surface area contributed by atoms with Gasteiger partial charge < -0.3 is 4.90 Å². The molecule has 1 fully saturated rings. The van der Waals surface area contributed by atoms with Gasteiger partial charge in [0.25, 0.3) is 0 Å². The molecule has 3 heterocycles. The summed E-state index contributed by atoms with van der Waals surface area (Å²) in [7, 11) is 0. The standard InChI is InChI=1S/C17H18N4OS2/c22-15(20-9-5-2-6-10-20)12-24-17-19-18-16-21(17)14(11-23-16)13-7-3-1-4-8-13/h1,3-4,7-8,11H,2,5-6,9-10,12H2. The number of likely N-dealkylation sites (tertiary alicyclic amines) is 1. The highest BCUT2D eigenvalue weighted by atomic mass is 32.2. The molecule has 1 aromatic carbocycles. The van der Waals surface area contributed by atoms with Crippen LogP contribution in [0, 0.1) is 0 Å². The van der Waals surface area contributed by atoms with Gasteiger partial charge in [-0.1, -0.05) is 42.1 Å². The normalized spacial score (nSPS) is 15.1. The fraction of sp³-hybridized carbons (Fsp3) is 0.353. The van der Waals surface area contributed by atoms with Crippen LogP contribution in [0.4, 0.5) is 0 Å². The van der Waals surface area contributed by atoms with Crippen molar-refractivity contribution in [2.45, 2.75) is 24.4 Å². The molecule has 1 aliphatic rings. The second kappa shape index (κ2) is 6.94. The number of amides is 1. The summed E-state index contributed by atoms with van der Waals surface area (Å²) in [5, 5.41) is 11.4. The molecule has 2 aromatic heterocycles. The van der Waals surface area contributed by atoms with Crippen LogP contribution in [0.3, 0.4) is 0 Å². The van der Waals surface area contributed by atoms with Crippen LogP contribution >= 0.6 is 23.1 Å². The number of benzene rings is 1. The molecule has 5 nitrogen and oxygen atoms in total. The molecule has 1 amide bonds. The van der Waals surface area contributed by atoms with Gasteiger partial charge in [-0.2, -0.15) is 0 Å². The van der Waals surface area contributed by atoms with Gasteiger partial charge in [-0.3, -0.25) is 9.20 Å². The van der Waals surface area contributed by atoms with Gasteiger partial charge in [0.1, 0.15) is 0 Å². The Labute approximate surface area is 148 Å². The van der Waals surface area contributed by atoms with E-state index in [0.29, 0.717) is 5.75 Å². The van der Waals surface area contributed by atoms with Crippen molar-refractivity contribution >= 4 is 34.0 Å². The number of rotatable bonds is 4. The third-order valence-corrected chi connectivity index (χ3v) is 5.95. The molecule has 0 spiro atoms. The van der Waals surface area contributed by atoms with Crippen LogP contribution in [0.2, 0.25) is 0 Å². The quantitative estimate of drug-likeness (QED) is 0.669. The lowest BCUT2D eigenvalue weighted by Crippen LogP contribution is -2.36. The largest absolute Gasteiger partial charge is 0.342 e. The van der Waals surface area contributed by atoms with Gasteiger partial charge >= 0.3 is 0 Å². The summed E-state index contributed by atoms with van der Waals surface area (Å²) in [5.41, 5.74) is 2.21. The number of carbonyl (C=O) groups is 1. The minimum atomic E-state index is 0.202. The molecule has 124 valence electrons. The molecule has 0 saturated carbocycles. The fourth-order valence-corrected chi connectivity index (χ4v) is 4.70. The van der Waals surface area contributed by atoms with E-state index in [2.05, 4.69) is 27.7 Å². The predicted octanol–water partition coefficient (Wildman–Crippen LogP) is 3.56. The summed E-state index contributed by atoms with van der Waals surface area (Å²) < 4.78 is 2.05. The van der Waals surface area contributed by atoms with E-state index < -0.39 is 0 Å². The molecule has 0 N–H and O–H groups in total. The molecule has 0 bridgehead atoms. The van der Waals surface area contributed by atoms with E-state index in [1.807, 2.05) is 27.5 Å². The molecule has 0 aliphatic carbocycles. The summed E-state index contributed by atoms with van der Waals surface area (Å²) in [6.07, 6.45) is 3.47. The van der Waals surface area contributed by atoms with E-state index in [0.717, 1.165) is 47.3 Å². The van der Waals surface area contributed by atoms with Crippen molar-refractivity contribution < 1.29 is 4.79 Å². The van der Waals surface area contributed by atoms with Crippen LogP contribution in [-0.4, -0.2) is 44.2 Å². The van der Waals surface area contributed by atoms with Crippen molar-refractivity contribution in [3.8, 4) is 11.3 Å². The van der Waals surface area contributed by atoms with Gasteiger partial charge in [0.15, 0.2) is 5.16 Å². The lowest BCUT2D eigenvalue weighted by molar-refractivity contribution is -0.129. The second-order valence-corrected chi connectivity index (χ2v) is 7.60. The molecule has 24 heavy (non-hydrogen) atoms. The highest BCUT2D eigenvalue weighted by molar-refractivity contribution is 7.99. The number of aromatic nitrogens is 3. The number of thiazole rings is 1. The fourth-order valence-electron chi connectivity index (χ4n) is 2.96. The summed E-state index contributed by atoms with van der Waals surface area (Å²) in [5.74, 6) is 0.623. The zero-order valence-corrected chi connectivity index (χ0v) is 14.9. The maximum atomic E-state index is 12.4. The van der Waals surface area contributed by atoms with Crippen molar-refractivity contribution in [3.63, 3.8) is 0 Å². The Morgan fingerprint density at radius 3 is 2.71 bits per heavy atom. The molecule has 1 saturated heterocycles. The first-order chi connectivity index (χ1) is 11.8. The summed E-state index contributed by atoms with van der Waals surface area (Å²) >= 11 is 3.05. The second-order valence-electron chi connectivity index (χ2n) is 5.82. The van der Waals surface area contributed by atoms with E-state index >= 15 is 0 Å². The number of piperidine rings is 1. The zero-order chi connectivity index (χ0) is 16.4. The van der Waals surface area contributed by atoms with E-state index in [9.17, 15) is 4.79 Å². The molecular weight excluding hydrogens is 340 g/mol. The van der Waals surface area contributed by atoms with Crippen LogP contribution in [-0.2, 0) is 4.79 Å². The van der Waals surface area contributed by atoms with Gasteiger partial charge in [-0.15, -0.1) is 21.5 Å². The van der Waals surface area contributed by atoms with Crippen LogP contribution in [0.25, 0.3) is 16.2 Å². The van der Waals surface area contributed by atoms with E-state index in [1.54, 1.807) is 11.3 Å². The molecule has 0 radical (unpaired) electrons. The molecule has 0 unspecified atom stereocenters. The van der Waals surface area contributed by atoms with Gasteiger partial charge in [-0.05, 0) is 24.8 Å². The predicted molar refractivity (Wildman–Crippen MR) is 97.5 cm³/mol. The summed E-state index contributed by atoms with van der Waals surface area (Å²) in [6.45, 7) is 1.78. The maximum Gasteiger partial charge on any atom is 0.233 e. The van der Waals surface area contributed by atoms with Crippen molar-refractivity contribution in [2.24, 2.45) is 0 Å². The Morgan fingerprint density at radius 1 is 1.12 bits per heavy atom. The highest BCUT2D eigenvalue weighted by Gasteiger charge is 2.19. The number of nitrogens with zero attached hydrogens (tertiary/aromatic N) is 4. The molecule has 3 aromatic rings. The number of hydrogen-bond donors (Lipinski definition) is 0. The average molecular weight is 358 g/mol. The molecular formula is C17H18N4OS2. The first kappa shape index (κ1) is 15.7. The molecule has 7 heteroatoms. The Balaban J connectivity index is 1.54. The molecule has 0 atom stereocenters. The number of fused-ring (bicyclic) bond motifs is 1. The SMILES string of the molecule is O=C(CSc1nnc2scc(-c3ccccc3)n12)N1CCCCC1. The average Bonchev–Trinajstić information content (AvgIpc) is 3.23. The van der Waals surface area contributed by atoms with E-state index in [-0.39, 0.29) is 5.91 Å². The number of hydrogen-bond acceptors (Lipinski definition) is 5. The zero-order valence-electron chi connectivity index (χ0n) is 13.2. The Morgan fingerprint density at radius 2 is 1.92 bits per heavy atom. The van der Waals surface area contributed by atoms with Gasteiger partial charge in [0.2, 0.25) is 10.9 Å². The minimum Gasteiger partial charge on any atom is -0.342 e. The third-order valence-electron chi connectivity index (χ3n) is 4.22. The van der Waals surface area contributed by atoms with Gasteiger partial charge in [0, 0.05) is 18.5 Å². The number of thioether (sulfide) groups is 1. The van der Waals surface area contributed by atoms with Crippen LogP contribution in [0.15, 0.2) is 40.9 Å².